The molecule has 0 aromatic heterocycles. The lowest BCUT2D eigenvalue weighted by Crippen LogP contribution is -2.21. The zero-order valence-corrected chi connectivity index (χ0v) is 13.5. The van der Waals surface area contributed by atoms with Gasteiger partial charge in [-0.05, 0) is 43.2 Å². The van der Waals surface area contributed by atoms with Crippen molar-refractivity contribution < 1.29 is 4.79 Å². The number of nitrogens with zero attached hydrogens (tertiary/aromatic N) is 1. The van der Waals surface area contributed by atoms with Crippen molar-refractivity contribution in [2.75, 3.05) is 23.3 Å². The average molecular weight is 335 g/mol. The van der Waals surface area contributed by atoms with Crippen LogP contribution >= 0.6 is 23.2 Å². The minimum absolute atomic E-state index is 0.228. The molecule has 2 aromatic carbocycles. The number of carbonyl (C=O) groups excluding carboxylic acids is 1. The zero-order valence-electron chi connectivity index (χ0n) is 12.0. The largest absolute Gasteiger partial charge is 0.370 e. The van der Waals surface area contributed by atoms with Gasteiger partial charge < -0.3 is 10.2 Å². The molecule has 1 amide bonds. The average Bonchev–Trinajstić information content (AvgIpc) is 3.01. The predicted molar refractivity (Wildman–Crippen MR) is 92.3 cm³/mol. The molecule has 0 atom stereocenters. The van der Waals surface area contributed by atoms with E-state index in [4.69, 9.17) is 23.2 Å². The summed E-state index contributed by atoms with van der Waals surface area (Å²) in [6.07, 6.45) is 2.37. The third-order valence-corrected chi connectivity index (χ3v) is 4.32. The van der Waals surface area contributed by atoms with Crippen molar-refractivity contribution in [3.8, 4) is 0 Å². The standard InChI is InChI=1S/C17H16Cl2N2O/c18-12-7-8-13(14(19)11-12)17(22)20-15-5-1-2-6-16(15)21-9-3-4-10-21/h1-2,5-8,11H,3-4,9-10H2,(H,20,22). The Bertz CT molecular complexity index is 697. The molecule has 1 N–H and O–H groups in total. The van der Waals surface area contributed by atoms with Gasteiger partial charge in [-0.15, -0.1) is 0 Å². The van der Waals surface area contributed by atoms with Gasteiger partial charge in [0.05, 0.1) is 22.0 Å². The van der Waals surface area contributed by atoms with Gasteiger partial charge >= 0.3 is 0 Å². The summed E-state index contributed by atoms with van der Waals surface area (Å²) in [6, 6.07) is 12.7. The van der Waals surface area contributed by atoms with Crippen LogP contribution in [0.25, 0.3) is 0 Å². The Labute approximate surface area is 139 Å². The van der Waals surface area contributed by atoms with E-state index in [-0.39, 0.29) is 5.91 Å². The Hall–Kier alpha value is -1.71. The number of anilines is 2. The summed E-state index contributed by atoms with van der Waals surface area (Å²) in [5, 5.41) is 3.82. The smallest absolute Gasteiger partial charge is 0.257 e. The predicted octanol–water partition coefficient (Wildman–Crippen LogP) is 4.85. The molecule has 1 fully saturated rings. The molecule has 1 aliphatic rings. The lowest BCUT2D eigenvalue weighted by Gasteiger charge is -2.21. The van der Waals surface area contributed by atoms with Crippen molar-refractivity contribution in [1.82, 2.24) is 0 Å². The number of hydrogen-bond donors (Lipinski definition) is 1. The molecular formula is C17H16Cl2N2O. The van der Waals surface area contributed by atoms with Crippen molar-refractivity contribution in [3.05, 3.63) is 58.1 Å². The quantitative estimate of drug-likeness (QED) is 0.870. The first-order valence-corrected chi connectivity index (χ1v) is 8.01. The first-order chi connectivity index (χ1) is 10.6. The first kappa shape index (κ1) is 15.2. The highest BCUT2D eigenvalue weighted by molar-refractivity contribution is 6.37. The number of benzene rings is 2. The highest BCUT2D eigenvalue weighted by Crippen LogP contribution is 2.30. The van der Waals surface area contributed by atoms with Crippen molar-refractivity contribution in [3.63, 3.8) is 0 Å². The van der Waals surface area contributed by atoms with E-state index in [0.29, 0.717) is 15.6 Å². The molecule has 3 rings (SSSR count). The number of carbonyl (C=O) groups is 1. The highest BCUT2D eigenvalue weighted by atomic mass is 35.5. The van der Waals surface area contributed by atoms with Crippen LogP contribution in [0.2, 0.25) is 10.0 Å². The molecule has 0 spiro atoms. The normalized spacial score (nSPS) is 14.2. The van der Waals surface area contributed by atoms with E-state index in [1.807, 2.05) is 24.3 Å². The van der Waals surface area contributed by atoms with E-state index in [0.717, 1.165) is 24.5 Å². The van der Waals surface area contributed by atoms with E-state index in [1.54, 1.807) is 18.2 Å². The molecule has 22 heavy (non-hydrogen) atoms. The Balaban J connectivity index is 1.85. The van der Waals surface area contributed by atoms with Crippen molar-refractivity contribution in [1.29, 1.82) is 0 Å². The zero-order chi connectivity index (χ0) is 15.5. The van der Waals surface area contributed by atoms with E-state index < -0.39 is 0 Å². The van der Waals surface area contributed by atoms with Crippen LogP contribution < -0.4 is 10.2 Å². The van der Waals surface area contributed by atoms with Crippen LogP contribution in [0.5, 0.6) is 0 Å². The minimum atomic E-state index is -0.228. The molecule has 2 aromatic rings. The molecule has 0 radical (unpaired) electrons. The second-order valence-corrected chi connectivity index (χ2v) is 6.13. The van der Waals surface area contributed by atoms with Crippen LogP contribution in [0, 0.1) is 0 Å². The Kier molecular flexibility index (Phi) is 4.55. The van der Waals surface area contributed by atoms with E-state index in [2.05, 4.69) is 10.2 Å². The molecule has 1 saturated heterocycles. The number of nitrogens with one attached hydrogen (secondary N) is 1. The highest BCUT2D eigenvalue weighted by Gasteiger charge is 2.18. The maximum atomic E-state index is 12.5. The molecule has 1 heterocycles. The first-order valence-electron chi connectivity index (χ1n) is 7.25. The molecule has 114 valence electrons. The van der Waals surface area contributed by atoms with Crippen LogP contribution in [-0.4, -0.2) is 19.0 Å². The van der Waals surface area contributed by atoms with E-state index in [1.165, 1.54) is 12.8 Å². The molecule has 0 bridgehead atoms. The van der Waals surface area contributed by atoms with Gasteiger partial charge in [-0.1, -0.05) is 35.3 Å². The van der Waals surface area contributed by atoms with Gasteiger partial charge in [0.1, 0.15) is 0 Å². The van der Waals surface area contributed by atoms with Crippen molar-refractivity contribution >= 4 is 40.5 Å². The van der Waals surface area contributed by atoms with E-state index in [9.17, 15) is 4.79 Å². The van der Waals surface area contributed by atoms with Crippen LogP contribution in [0.1, 0.15) is 23.2 Å². The van der Waals surface area contributed by atoms with Crippen molar-refractivity contribution in [2.45, 2.75) is 12.8 Å². The monoisotopic (exact) mass is 334 g/mol. The van der Waals surface area contributed by atoms with Gasteiger partial charge in [0, 0.05) is 18.1 Å². The molecule has 0 unspecified atom stereocenters. The van der Waals surface area contributed by atoms with Gasteiger partial charge in [0.15, 0.2) is 0 Å². The topological polar surface area (TPSA) is 32.3 Å². The maximum Gasteiger partial charge on any atom is 0.257 e. The lowest BCUT2D eigenvalue weighted by molar-refractivity contribution is 0.102. The van der Waals surface area contributed by atoms with Gasteiger partial charge in [0.2, 0.25) is 0 Å². The Morgan fingerprint density at radius 1 is 1.05 bits per heavy atom. The molecule has 5 heteroatoms. The molecular weight excluding hydrogens is 319 g/mol. The third kappa shape index (κ3) is 3.21. The summed E-state index contributed by atoms with van der Waals surface area (Å²) in [4.78, 5) is 14.7. The van der Waals surface area contributed by atoms with Crippen LogP contribution in [-0.2, 0) is 0 Å². The Morgan fingerprint density at radius 2 is 1.77 bits per heavy atom. The number of rotatable bonds is 3. The lowest BCUT2D eigenvalue weighted by atomic mass is 10.2. The number of amides is 1. The van der Waals surface area contributed by atoms with Gasteiger partial charge in [0.25, 0.3) is 5.91 Å². The number of hydrogen-bond acceptors (Lipinski definition) is 2. The number of para-hydroxylation sites is 2. The third-order valence-electron chi connectivity index (χ3n) is 3.77. The van der Waals surface area contributed by atoms with Crippen LogP contribution in [0.15, 0.2) is 42.5 Å². The second-order valence-electron chi connectivity index (χ2n) is 5.29. The summed E-state index contributed by atoms with van der Waals surface area (Å²) in [5.74, 6) is -0.228. The molecule has 0 aliphatic carbocycles. The molecule has 3 nitrogen and oxygen atoms in total. The summed E-state index contributed by atoms with van der Waals surface area (Å²) in [6.45, 7) is 2.04. The minimum Gasteiger partial charge on any atom is -0.370 e. The summed E-state index contributed by atoms with van der Waals surface area (Å²) in [7, 11) is 0. The van der Waals surface area contributed by atoms with Crippen molar-refractivity contribution in [2.24, 2.45) is 0 Å². The Morgan fingerprint density at radius 3 is 2.50 bits per heavy atom. The van der Waals surface area contributed by atoms with Gasteiger partial charge in [-0.25, -0.2) is 0 Å². The summed E-state index contributed by atoms with van der Waals surface area (Å²) < 4.78 is 0. The fraction of sp³-hybridized carbons (Fsp3) is 0.235. The fourth-order valence-electron chi connectivity index (χ4n) is 2.68. The van der Waals surface area contributed by atoms with Crippen LogP contribution in [0.3, 0.4) is 0 Å². The maximum absolute atomic E-state index is 12.5. The summed E-state index contributed by atoms with van der Waals surface area (Å²) in [5.41, 5.74) is 2.28. The van der Waals surface area contributed by atoms with Gasteiger partial charge in [-0.3, -0.25) is 4.79 Å². The second kappa shape index (κ2) is 6.59. The number of halogens is 2. The fourth-order valence-corrected chi connectivity index (χ4v) is 3.17. The summed E-state index contributed by atoms with van der Waals surface area (Å²) >= 11 is 12.0. The molecule has 0 saturated carbocycles. The van der Waals surface area contributed by atoms with Crippen LogP contribution in [0.4, 0.5) is 11.4 Å². The SMILES string of the molecule is O=C(Nc1ccccc1N1CCCC1)c1ccc(Cl)cc1Cl. The molecule has 1 aliphatic heterocycles. The van der Waals surface area contributed by atoms with E-state index >= 15 is 0 Å². The van der Waals surface area contributed by atoms with Gasteiger partial charge in [-0.2, -0.15) is 0 Å².